The van der Waals surface area contributed by atoms with Gasteiger partial charge in [0, 0.05) is 22.7 Å². The number of fused-ring (bicyclic) bond motifs is 1. The molecule has 0 radical (unpaired) electrons. The van der Waals surface area contributed by atoms with Gasteiger partial charge in [0.05, 0.1) is 18.6 Å². The number of thiocarbonyl (C=S) groups is 1. The molecular formula is C24H22N2O3S2. The van der Waals surface area contributed by atoms with Gasteiger partial charge in [-0.05, 0) is 36.3 Å². The van der Waals surface area contributed by atoms with Crippen molar-refractivity contribution in [2.75, 3.05) is 13.7 Å². The number of aromatic nitrogens is 1. The van der Waals surface area contributed by atoms with Gasteiger partial charge < -0.3 is 19.4 Å². The van der Waals surface area contributed by atoms with Crippen molar-refractivity contribution in [2.24, 2.45) is 0 Å². The number of carbonyl (C=O) groups is 1. The topological polar surface area (TPSA) is 52.5 Å². The molecule has 0 spiro atoms. The number of carbonyl (C=O) groups excluding carboxylic acids is 1. The Labute approximate surface area is 190 Å². The molecule has 1 aliphatic heterocycles. The van der Waals surface area contributed by atoms with Gasteiger partial charge in [0.1, 0.15) is 10.9 Å². The Morgan fingerprint density at radius 3 is 2.81 bits per heavy atom. The molecular weight excluding hydrogens is 428 g/mol. The van der Waals surface area contributed by atoms with E-state index in [9.17, 15) is 4.79 Å². The molecule has 1 saturated heterocycles. The van der Waals surface area contributed by atoms with Gasteiger partial charge in [0.2, 0.25) is 0 Å². The van der Waals surface area contributed by atoms with Crippen molar-refractivity contribution in [1.29, 1.82) is 0 Å². The van der Waals surface area contributed by atoms with Gasteiger partial charge in [-0.3, -0.25) is 4.79 Å². The van der Waals surface area contributed by atoms with E-state index in [1.54, 1.807) is 7.11 Å². The zero-order valence-corrected chi connectivity index (χ0v) is 18.7. The lowest BCUT2D eigenvalue weighted by Gasteiger charge is -2.12. The Balaban J connectivity index is 1.53. The van der Waals surface area contributed by atoms with Crippen LogP contribution in [0.15, 0.2) is 66.2 Å². The van der Waals surface area contributed by atoms with Crippen molar-refractivity contribution in [3.63, 3.8) is 0 Å². The third-order valence-electron chi connectivity index (χ3n) is 4.95. The lowest BCUT2D eigenvalue weighted by molar-refractivity contribution is -0.115. The molecule has 7 heteroatoms. The number of amides is 1. The average molecular weight is 451 g/mol. The molecule has 0 bridgehead atoms. The van der Waals surface area contributed by atoms with Crippen LogP contribution in [0, 0.1) is 0 Å². The van der Waals surface area contributed by atoms with Crippen molar-refractivity contribution in [1.82, 2.24) is 9.88 Å². The number of allylic oxidation sites excluding steroid dienone is 1. The molecule has 1 N–H and O–H groups in total. The number of ether oxygens (including phenoxy) is 2. The lowest BCUT2D eigenvalue weighted by Crippen LogP contribution is -2.17. The smallest absolute Gasteiger partial charge is 0.263 e. The first kappa shape index (κ1) is 21.2. The van der Waals surface area contributed by atoms with Crippen LogP contribution >= 0.6 is 24.0 Å². The molecule has 2 heterocycles. The fourth-order valence-corrected chi connectivity index (χ4v) is 4.55. The van der Waals surface area contributed by atoms with Gasteiger partial charge in [-0.25, -0.2) is 0 Å². The molecule has 0 aliphatic carbocycles. The molecule has 5 nitrogen and oxygen atoms in total. The molecule has 2 aromatic carbocycles. The second kappa shape index (κ2) is 9.41. The Bertz CT molecular complexity index is 1200. The number of methoxy groups -OCH3 is 1. The number of thioether (sulfide) groups is 1. The molecule has 4 rings (SSSR count). The third-order valence-corrected chi connectivity index (χ3v) is 6.11. The molecule has 1 aliphatic rings. The van der Waals surface area contributed by atoms with Crippen LogP contribution in [0.1, 0.15) is 11.1 Å². The zero-order valence-electron chi connectivity index (χ0n) is 17.1. The van der Waals surface area contributed by atoms with E-state index in [1.807, 2.05) is 48.7 Å². The van der Waals surface area contributed by atoms with E-state index in [0.717, 1.165) is 28.5 Å². The van der Waals surface area contributed by atoms with Crippen LogP contribution in [-0.2, 0) is 17.8 Å². The zero-order chi connectivity index (χ0) is 21.8. The molecule has 1 amide bonds. The average Bonchev–Trinajstić information content (AvgIpc) is 3.28. The van der Waals surface area contributed by atoms with E-state index in [1.165, 1.54) is 11.8 Å². The van der Waals surface area contributed by atoms with Crippen LogP contribution < -0.4 is 14.8 Å². The Morgan fingerprint density at radius 2 is 2.06 bits per heavy atom. The number of benzene rings is 2. The monoisotopic (exact) mass is 450 g/mol. The van der Waals surface area contributed by atoms with Crippen molar-refractivity contribution in [3.8, 4) is 11.5 Å². The highest BCUT2D eigenvalue weighted by molar-refractivity contribution is 8.26. The molecule has 0 atom stereocenters. The SMILES string of the molecule is C=CCc1ccc(OCCn2cc(/C=C3\SC(=S)NC3=O)c3ccccc32)c(OC)c1. The van der Waals surface area contributed by atoms with E-state index in [2.05, 4.69) is 28.6 Å². The second-order valence-corrected chi connectivity index (χ2v) is 8.69. The standard InChI is InChI=1S/C24H22N2O3S2/c1-3-6-16-9-10-20(21(13-16)28-2)29-12-11-26-15-17(18-7-4-5-8-19(18)26)14-22-23(27)25-24(30)31-22/h3-5,7-10,13-15H,1,6,11-12H2,2H3,(H,25,27,30)/b22-14-. The number of hydrogen-bond acceptors (Lipinski definition) is 5. The first-order valence-electron chi connectivity index (χ1n) is 9.82. The summed E-state index contributed by atoms with van der Waals surface area (Å²) in [5, 5.41) is 3.74. The minimum Gasteiger partial charge on any atom is -0.493 e. The summed E-state index contributed by atoms with van der Waals surface area (Å²) < 4.78 is 14.1. The van der Waals surface area contributed by atoms with Crippen LogP contribution in [0.2, 0.25) is 0 Å². The number of nitrogens with one attached hydrogen (secondary N) is 1. The first-order chi connectivity index (χ1) is 15.1. The lowest BCUT2D eigenvalue weighted by atomic mass is 10.1. The van der Waals surface area contributed by atoms with Gasteiger partial charge in [0.15, 0.2) is 11.5 Å². The summed E-state index contributed by atoms with van der Waals surface area (Å²) in [6.45, 7) is 4.90. The molecule has 31 heavy (non-hydrogen) atoms. The van der Waals surface area contributed by atoms with Crippen LogP contribution in [0.4, 0.5) is 0 Å². The van der Waals surface area contributed by atoms with E-state index in [0.29, 0.717) is 33.9 Å². The Hall–Kier alpha value is -3.03. The minimum absolute atomic E-state index is 0.151. The largest absolute Gasteiger partial charge is 0.493 e. The predicted octanol–water partition coefficient (Wildman–Crippen LogP) is 4.95. The van der Waals surface area contributed by atoms with Crippen molar-refractivity contribution in [2.45, 2.75) is 13.0 Å². The second-order valence-electron chi connectivity index (χ2n) is 6.97. The minimum atomic E-state index is -0.151. The Morgan fingerprint density at radius 1 is 1.23 bits per heavy atom. The molecule has 0 saturated carbocycles. The van der Waals surface area contributed by atoms with Gasteiger partial charge >= 0.3 is 0 Å². The maximum atomic E-state index is 12.1. The van der Waals surface area contributed by atoms with Gasteiger partial charge in [-0.1, -0.05) is 54.3 Å². The number of hydrogen-bond donors (Lipinski definition) is 1. The summed E-state index contributed by atoms with van der Waals surface area (Å²) in [5.41, 5.74) is 3.18. The third kappa shape index (κ3) is 4.68. The van der Waals surface area contributed by atoms with E-state index in [4.69, 9.17) is 21.7 Å². The summed E-state index contributed by atoms with van der Waals surface area (Å²) in [7, 11) is 1.64. The van der Waals surface area contributed by atoms with E-state index >= 15 is 0 Å². The van der Waals surface area contributed by atoms with Crippen LogP contribution in [0.25, 0.3) is 17.0 Å². The molecule has 0 unspecified atom stereocenters. The molecule has 1 fully saturated rings. The highest BCUT2D eigenvalue weighted by Crippen LogP contribution is 2.31. The summed E-state index contributed by atoms with van der Waals surface area (Å²) in [4.78, 5) is 12.7. The van der Waals surface area contributed by atoms with Crippen LogP contribution in [0.5, 0.6) is 11.5 Å². The number of rotatable bonds is 8. The highest BCUT2D eigenvalue weighted by atomic mass is 32.2. The van der Waals surface area contributed by atoms with Gasteiger partial charge in [-0.15, -0.1) is 6.58 Å². The van der Waals surface area contributed by atoms with Crippen LogP contribution in [-0.4, -0.2) is 28.5 Å². The normalized spacial score (nSPS) is 14.8. The van der Waals surface area contributed by atoms with Crippen molar-refractivity contribution >= 4 is 51.2 Å². The van der Waals surface area contributed by atoms with E-state index < -0.39 is 0 Å². The van der Waals surface area contributed by atoms with E-state index in [-0.39, 0.29) is 5.91 Å². The number of nitrogens with zero attached hydrogens (tertiary/aromatic N) is 1. The molecule has 3 aromatic rings. The summed E-state index contributed by atoms with van der Waals surface area (Å²) in [5.74, 6) is 1.27. The van der Waals surface area contributed by atoms with Gasteiger partial charge in [0.25, 0.3) is 5.91 Å². The van der Waals surface area contributed by atoms with Crippen molar-refractivity contribution < 1.29 is 14.3 Å². The first-order valence-corrected chi connectivity index (χ1v) is 11.0. The van der Waals surface area contributed by atoms with Crippen LogP contribution in [0.3, 0.4) is 0 Å². The fraction of sp³-hybridized carbons (Fsp3) is 0.167. The number of para-hydroxylation sites is 1. The highest BCUT2D eigenvalue weighted by Gasteiger charge is 2.22. The maximum Gasteiger partial charge on any atom is 0.263 e. The predicted molar refractivity (Wildman–Crippen MR) is 131 cm³/mol. The van der Waals surface area contributed by atoms with Crippen molar-refractivity contribution in [3.05, 3.63) is 77.3 Å². The Kier molecular flexibility index (Phi) is 6.44. The summed E-state index contributed by atoms with van der Waals surface area (Å²) in [6.07, 6.45) is 6.58. The summed E-state index contributed by atoms with van der Waals surface area (Å²) in [6, 6.07) is 14.0. The summed E-state index contributed by atoms with van der Waals surface area (Å²) >= 11 is 6.38. The van der Waals surface area contributed by atoms with Gasteiger partial charge in [-0.2, -0.15) is 0 Å². The maximum absolute atomic E-state index is 12.1. The quantitative estimate of drug-likeness (QED) is 0.299. The molecule has 158 valence electrons. The molecule has 1 aromatic heterocycles. The fourth-order valence-electron chi connectivity index (χ4n) is 3.52.